The fraction of sp³-hybridized carbons (Fsp3) is 0.333. The van der Waals surface area contributed by atoms with E-state index in [1.54, 1.807) is 17.0 Å². The summed E-state index contributed by atoms with van der Waals surface area (Å²) in [5.74, 6) is 0.637. The molecule has 0 saturated heterocycles. The molecule has 0 fully saturated rings. The van der Waals surface area contributed by atoms with Crippen LogP contribution in [0.4, 0.5) is 4.79 Å². The minimum absolute atomic E-state index is 0.0331. The van der Waals surface area contributed by atoms with Crippen LogP contribution in [-0.2, 0) is 4.79 Å². The van der Waals surface area contributed by atoms with Crippen LogP contribution in [0.25, 0.3) is 0 Å². The number of ether oxygens (including phenoxy) is 1. The quantitative estimate of drug-likeness (QED) is 0.805. The Morgan fingerprint density at radius 1 is 1.14 bits per heavy atom. The van der Waals surface area contributed by atoms with E-state index in [2.05, 4.69) is 6.08 Å². The average molecular weight is 297 g/mol. The molecule has 22 heavy (non-hydrogen) atoms. The maximum absolute atomic E-state index is 12.4. The lowest BCUT2D eigenvalue weighted by Gasteiger charge is -2.32. The molecule has 0 spiro atoms. The van der Waals surface area contributed by atoms with E-state index in [9.17, 15) is 9.59 Å². The number of benzene rings is 1. The minimum Gasteiger partial charge on any atom is -0.410 e. The van der Waals surface area contributed by atoms with E-state index in [1.165, 1.54) is 0 Å². The van der Waals surface area contributed by atoms with Gasteiger partial charge in [-0.3, -0.25) is 9.69 Å². The summed E-state index contributed by atoms with van der Waals surface area (Å²) in [5, 5.41) is 0. The van der Waals surface area contributed by atoms with Gasteiger partial charge in [0.05, 0.1) is 6.04 Å². The molecule has 1 aromatic rings. The summed E-state index contributed by atoms with van der Waals surface area (Å²) < 4.78 is 5.42. The van der Waals surface area contributed by atoms with Crippen molar-refractivity contribution in [3.8, 4) is 5.75 Å². The summed E-state index contributed by atoms with van der Waals surface area (Å²) >= 11 is 0. The van der Waals surface area contributed by atoms with Gasteiger partial charge in [-0.1, -0.05) is 49.4 Å². The topological polar surface area (TPSA) is 46.6 Å². The highest BCUT2D eigenvalue weighted by molar-refractivity contribution is 5.83. The van der Waals surface area contributed by atoms with Crippen molar-refractivity contribution >= 4 is 11.9 Å². The number of hydrogen-bond acceptors (Lipinski definition) is 3. The molecule has 1 amide bonds. The van der Waals surface area contributed by atoms with E-state index in [1.807, 2.05) is 43.4 Å². The minimum atomic E-state index is -0.375. The number of Topliss-reactive ketones (excluding diaryl/α,β-unsaturated/α-hetero) is 1. The number of amides is 1. The molecule has 3 aliphatic rings. The van der Waals surface area contributed by atoms with Crippen LogP contribution in [0.5, 0.6) is 5.75 Å². The van der Waals surface area contributed by atoms with Crippen molar-refractivity contribution in [2.75, 3.05) is 6.54 Å². The van der Waals surface area contributed by atoms with Crippen molar-refractivity contribution in [1.82, 2.24) is 4.90 Å². The van der Waals surface area contributed by atoms with Crippen molar-refractivity contribution in [3.05, 3.63) is 54.6 Å². The van der Waals surface area contributed by atoms with Gasteiger partial charge in [0.15, 0.2) is 0 Å². The number of allylic oxidation sites excluding steroid dienone is 1. The van der Waals surface area contributed by atoms with Gasteiger partial charge in [0, 0.05) is 24.8 Å². The molecule has 3 unspecified atom stereocenters. The predicted octanol–water partition coefficient (Wildman–Crippen LogP) is 3.21. The third kappa shape index (κ3) is 2.82. The standard InChI is InChI=1S/C18H19NO3/c1-2-17(20)16-11-10-14-9-8-13(16)12-19(14)18(21)22-15-6-4-3-5-7-15/h3-11,13-14,16H,2,12H2,1H3. The lowest BCUT2D eigenvalue weighted by molar-refractivity contribution is -0.122. The Bertz CT molecular complexity index is 620. The molecule has 4 rings (SSSR count). The van der Waals surface area contributed by atoms with Crippen LogP contribution in [-0.4, -0.2) is 29.4 Å². The molecular formula is C18H19NO3. The summed E-state index contributed by atoms with van der Waals surface area (Å²) in [5.41, 5.74) is 0. The molecule has 0 radical (unpaired) electrons. The summed E-state index contributed by atoms with van der Waals surface area (Å²) in [6.45, 7) is 2.38. The highest BCUT2D eigenvalue weighted by Gasteiger charge is 2.36. The maximum Gasteiger partial charge on any atom is 0.416 e. The van der Waals surface area contributed by atoms with E-state index in [0.29, 0.717) is 18.7 Å². The molecule has 4 heteroatoms. The smallest absolute Gasteiger partial charge is 0.410 e. The number of nitrogens with zero attached hydrogens (tertiary/aromatic N) is 1. The first kappa shape index (κ1) is 14.6. The molecule has 2 bridgehead atoms. The first-order valence-electron chi connectivity index (χ1n) is 7.62. The van der Waals surface area contributed by atoms with Crippen LogP contribution in [0.15, 0.2) is 54.6 Å². The first-order chi connectivity index (χ1) is 10.7. The lowest BCUT2D eigenvalue weighted by atomic mass is 9.87. The molecule has 4 nitrogen and oxygen atoms in total. The molecule has 0 aromatic heterocycles. The van der Waals surface area contributed by atoms with Gasteiger partial charge in [-0.05, 0) is 12.1 Å². The number of carbonyl (C=O) groups excluding carboxylic acids is 2. The van der Waals surface area contributed by atoms with E-state index in [4.69, 9.17) is 4.74 Å². The number of rotatable bonds is 3. The highest BCUT2D eigenvalue weighted by atomic mass is 16.6. The molecular weight excluding hydrogens is 278 g/mol. The van der Waals surface area contributed by atoms with Crippen LogP contribution >= 0.6 is 0 Å². The third-order valence-corrected chi connectivity index (χ3v) is 4.20. The highest BCUT2D eigenvalue weighted by Crippen LogP contribution is 2.30. The van der Waals surface area contributed by atoms with Crippen molar-refractivity contribution < 1.29 is 14.3 Å². The predicted molar refractivity (Wildman–Crippen MR) is 83.5 cm³/mol. The van der Waals surface area contributed by atoms with Crippen LogP contribution in [0.2, 0.25) is 0 Å². The van der Waals surface area contributed by atoms with Crippen LogP contribution in [0.3, 0.4) is 0 Å². The van der Waals surface area contributed by atoms with E-state index in [0.717, 1.165) is 0 Å². The Morgan fingerprint density at radius 2 is 1.86 bits per heavy atom. The third-order valence-electron chi connectivity index (χ3n) is 4.20. The maximum atomic E-state index is 12.4. The van der Waals surface area contributed by atoms with Crippen LogP contribution in [0, 0.1) is 11.8 Å². The molecule has 0 saturated carbocycles. The zero-order chi connectivity index (χ0) is 15.5. The van der Waals surface area contributed by atoms with Crippen LogP contribution < -0.4 is 4.74 Å². The SMILES string of the molecule is CCC(=O)C1C=CC2C=CC1CN2C(=O)Oc1ccccc1. The summed E-state index contributed by atoms with van der Waals surface area (Å²) in [7, 11) is 0. The summed E-state index contributed by atoms with van der Waals surface area (Å²) in [4.78, 5) is 26.1. The molecule has 1 aliphatic carbocycles. The Hall–Kier alpha value is -2.36. The summed E-state index contributed by atoms with van der Waals surface area (Å²) in [6.07, 6.45) is 8.03. The second kappa shape index (κ2) is 6.18. The molecule has 2 aliphatic heterocycles. The normalized spacial score (nSPS) is 25.9. The first-order valence-corrected chi connectivity index (χ1v) is 7.62. The van der Waals surface area contributed by atoms with Crippen molar-refractivity contribution in [1.29, 1.82) is 0 Å². The largest absolute Gasteiger partial charge is 0.416 e. The van der Waals surface area contributed by atoms with Gasteiger partial charge >= 0.3 is 6.09 Å². The van der Waals surface area contributed by atoms with Gasteiger partial charge in [-0.15, -0.1) is 0 Å². The van der Waals surface area contributed by atoms with E-state index in [-0.39, 0.29) is 29.8 Å². The molecule has 114 valence electrons. The van der Waals surface area contributed by atoms with Gasteiger partial charge in [0.1, 0.15) is 11.5 Å². The lowest BCUT2D eigenvalue weighted by Crippen LogP contribution is -2.45. The zero-order valence-electron chi connectivity index (χ0n) is 12.5. The van der Waals surface area contributed by atoms with Crippen molar-refractivity contribution in [3.63, 3.8) is 0 Å². The Morgan fingerprint density at radius 3 is 2.59 bits per heavy atom. The Labute approximate surface area is 130 Å². The number of hydrogen-bond donors (Lipinski definition) is 0. The second-order valence-electron chi connectivity index (χ2n) is 5.60. The van der Waals surface area contributed by atoms with Crippen LogP contribution in [0.1, 0.15) is 13.3 Å². The zero-order valence-corrected chi connectivity index (χ0v) is 12.5. The van der Waals surface area contributed by atoms with Crippen molar-refractivity contribution in [2.45, 2.75) is 19.4 Å². The number of fused-ring (bicyclic) bond motifs is 2. The second-order valence-corrected chi connectivity index (χ2v) is 5.60. The number of para-hydroxylation sites is 1. The molecule has 1 aromatic carbocycles. The Balaban J connectivity index is 1.75. The molecule has 3 atom stereocenters. The van der Waals surface area contributed by atoms with E-state index < -0.39 is 0 Å². The fourth-order valence-corrected chi connectivity index (χ4v) is 2.97. The Kier molecular flexibility index (Phi) is 4.09. The monoisotopic (exact) mass is 297 g/mol. The number of carbonyl (C=O) groups is 2. The van der Waals surface area contributed by atoms with Crippen molar-refractivity contribution in [2.24, 2.45) is 11.8 Å². The van der Waals surface area contributed by atoms with Gasteiger partial charge in [0.25, 0.3) is 0 Å². The van der Waals surface area contributed by atoms with Gasteiger partial charge in [-0.25, -0.2) is 4.79 Å². The fourth-order valence-electron chi connectivity index (χ4n) is 2.97. The molecule has 2 heterocycles. The average Bonchev–Trinajstić information content (AvgIpc) is 2.87. The van der Waals surface area contributed by atoms with Gasteiger partial charge in [0.2, 0.25) is 0 Å². The number of ketones is 1. The summed E-state index contributed by atoms with van der Waals surface area (Å²) in [6, 6.07) is 8.89. The van der Waals surface area contributed by atoms with Gasteiger partial charge in [-0.2, -0.15) is 0 Å². The van der Waals surface area contributed by atoms with E-state index >= 15 is 0 Å². The van der Waals surface area contributed by atoms with Gasteiger partial charge < -0.3 is 4.74 Å². The molecule has 0 N–H and O–H groups in total.